The minimum absolute atomic E-state index is 0. The molecular weight excluding hydrogens is 442 g/mol. The summed E-state index contributed by atoms with van der Waals surface area (Å²) in [6, 6.07) is 16.0. The van der Waals surface area contributed by atoms with Gasteiger partial charge in [0.2, 0.25) is 5.91 Å². The van der Waals surface area contributed by atoms with Gasteiger partial charge in [-0.25, -0.2) is 13.4 Å². The van der Waals surface area contributed by atoms with Crippen LogP contribution in [-0.4, -0.2) is 57.1 Å². The number of carbonyl (C=O) groups excluding carboxylic acids is 1. The first-order chi connectivity index (χ1) is 13.9. The number of carbonyl (C=O) groups is 1. The van der Waals surface area contributed by atoms with Crippen molar-refractivity contribution in [3.63, 3.8) is 0 Å². The number of aromatic nitrogens is 1. The van der Waals surface area contributed by atoms with E-state index in [9.17, 15) is 13.2 Å². The summed E-state index contributed by atoms with van der Waals surface area (Å²) >= 11 is 1.45. The van der Waals surface area contributed by atoms with Gasteiger partial charge in [0.25, 0.3) is 0 Å². The van der Waals surface area contributed by atoms with Gasteiger partial charge < -0.3 is 4.90 Å². The van der Waals surface area contributed by atoms with Gasteiger partial charge in [0, 0.05) is 13.0 Å². The van der Waals surface area contributed by atoms with Gasteiger partial charge in [-0.2, -0.15) is 0 Å². The molecule has 0 N–H and O–H groups in total. The highest BCUT2D eigenvalue weighted by Gasteiger charge is 2.23. The molecule has 0 aliphatic rings. The summed E-state index contributed by atoms with van der Waals surface area (Å²) in [7, 11) is 0.462. The van der Waals surface area contributed by atoms with Crippen LogP contribution in [0.2, 0.25) is 0 Å². The highest BCUT2D eigenvalue weighted by atomic mass is 35.5. The number of amides is 1. The van der Waals surface area contributed by atoms with E-state index < -0.39 is 9.84 Å². The lowest BCUT2D eigenvalue weighted by atomic mass is 10.3. The highest BCUT2D eigenvalue weighted by Crippen LogP contribution is 2.29. The van der Waals surface area contributed by atoms with Crippen molar-refractivity contribution in [1.29, 1.82) is 0 Å². The number of benzene rings is 2. The lowest BCUT2D eigenvalue weighted by Gasteiger charge is -2.21. The van der Waals surface area contributed by atoms with E-state index in [1.807, 2.05) is 38.4 Å². The third-order valence-electron chi connectivity index (χ3n) is 4.49. The molecule has 9 heteroatoms. The Hall–Kier alpha value is -2.00. The summed E-state index contributed by atoms with van der Waals surface area (Å²) in [5, 5.41) is 0.618. The fourth-order valence-corrected chi connectivity index (χ4v) is 5.21. The van der Waals surface area contributed by atoms with Crippen LogP contribution in [0.1, 0.15) is 12.8 Å². The molecule has 3 aromatic rings. The molecule has 0 aliphatic carbocycles. The number of halogens is 1. The van der Waals surface area contributed by atoms with Crippen molar-refractivity contribution >= 4 is 54.8 Å². The van der Waals surface area contributed by atoms with Crippen molar-refractivity contribution in [3.8, 4) is 0 Å². The normalized spacial score (nSPS) is 11.4. The van der Waals surface area contributed by atoms with Crippen molar-refractivity contribution in [3.05, 3.63) is 54.6 Å². The second-order valence-corrected chi connectivity index (χ2v) is 10.2. The first kappa shape index (κ1) is 24.3. The zero-order valence-electron chi connectivity index (χ0n) is 17.0. The maximum atomic E-state index is 13.0. The molecular formula is C21H26ClN3O3S2. The van der Waals surface area contributed by atoms with Crippen molar-refractivity contribution < 1.29 is 13.2 Å². The van der Waals surface area contributed by atoms with Crippen molar-refractivity contribution in [2.75, 3.05) is 37.8 Å². The van der Waals surface area contributed by atoms with Gasteiger partial charge in [0.15, 0.2) is 15.0 Å². The van der Waals surface area contributed by atoms with Crippen LogP contribution in [0.5, 0.6) is 0 Å². The molecule has 3 rings (SSSR count). The van der Waals surface area contributed by atoms with Gasteiger partial charge in [0.05, 0.1) is 20.9 Å². The van der Waals surface area contributed by atoms with Crippen LogP contribution >= 0.6 is 23.7 Å². The van der Waals surface area contributed by atoms with E-state index in [-0.39, 0.29) is 35.4 Å². The van der Waals surface area contributed by atoms with Gasteiger partial charge in [0.1, 0.15) is 0 Å². The third-order valence-corrected chi connectivity index (χ3v) is 7.28. The quantitative estimate of drug-likeness (QED) is 0.477. The molecule has 0 aliphatic heterocycles. The Kier molecular flexibility index (Phi) is 8.78. The molecule has 6 nitrogen and oxygen atoms in total. The molecule has 0 saturated carbocycles. The average molecular weight is 468 g/mol. The number of nitrogens with zero attached hydrogens (tertiary/aromatic N) is 3. The summed E-state index contributed by atoms with van der Waals surface area (Å²) in [5.41, 5.74) is 0.842. The lowest BCUT2D eigenvalue weighted by Crippen LogP contribution is -2.34. The second kappa shape index (κ2) is 10.9. The number of rotatable bonds is 9. The smallest absolute Gasteiger partial charge is 0.229 e. The SMILES string of the molecule is CN(C)CCCN(C(=O)CCS(=O)(=O)c1ccccc1)c1nc2ccccc2s1.Cl. The standard InChI is InChI=1S/C21H25N3O3S2.ClH/c1-23(2)14-8-15-24(21-22-18-11-6-7-12-19(18)28-21)20(25)13-16-29(26,27)17-9-4-3-5-10-17;/h3-7,9-12H,8,13-16H2,1-2H3;1H. The zero-order valence-corrected chi connectivity index (χ0v) is 19.5. The Morgan fingerprint density at radius 2 is 1.67 bits per heavy atom. The molecule has 0 atom stereocenters. The van der Waals surface area contributed by atoms with Crippen molar-refractivity contribution in [2.24, 2.45) is 0 Å². The summed E-state index contributed by atoms with van der Waals surface area (Å²) in [4.78, 5) is 21.5. The molecule has 0 spiro atoms. The molecule has 162 valence electrons. The van der Waals surface area contributed by atoms with Crippen LogP contribution < -0.4 is 4.90 Å². The van der Waals surface area contributed by atoms with Gasteiger partial charge in [-0.1, -0.05) is 41.7 Å². The monoisotopic (exact) mass is 467 g/mol. The number of anilines is 1. The fraction of sp³-hybridized carbons (Fsp3) is 0.333. The Bertz CT molecular complexity index is 1040. The van der Waals surface area contributed by atoms with Crippen LogP contribution in [0.15, 0.2) is 59.5 Å². The van der Waals surface area contributed by atoms with E-state index in [1.54, 1.807) is 35.2 Å². The average Bonchev–Trinajstić information content (AvgIpc) is 3.14. The predicted molar refractivity (Wildman–Crippen MR) is 126 cm³/mol. The van der Waals surface area contributed by atoms with Crippen LogP contribution in [0.4, 0.5) is 5.13 Å². The first-order valence-electron chi connectivity index (χ1n) is 9.45. The zero-order chi connectivity index (χ0) is 20.9. The Balaban J connectivity index is 0.00000320. The van der Waals surface area contributed by atoms with Crippen LogP contribution in [0.25, 0.3) is 10.2 Å². The number of para-hydroxylation sites is 1. The summed E-state index contributed by atoms with van der Waals surface area (Å²) in [6.45, 7) is 1.33. The van der Waals surface area contributed by atoms with Gasteiger partial charge >= 0.3 is 0 Å². The number of sulfone groups is 1. The number of thiazole rings is 1. The third kappa shape index (κ3) is 6.25. The second-order valence-electron chi connectivity index (χ2n) is 7.05. The number of hydrogen-bond donors (Lipinski definition) is 0. The van der Waals surface area contributed by atoms with E-state index in [0.717, 1.165) is 23.2 Å². The van der Waals surface area contributed by atoms with E-state index in [1.165, 1.54) is 11.3 Å². The Morgan fingerprint density at radius 1 is 1.00 bits per heavy atom. The van der Waals surface area contributed by atoms with Crippen molar-refractivity contribution in [1.82, 2.24) is 9.88 Å². The van der Waals surface area contributed by atoms with E-state index >= 15 is 0 Å². The predicted octanol–water partition coefficient (Wildman–Crippen LogP) is 3.87. The van der Waals surface area contributed by atoms with E-state index in [4.69, 9.17) is 0 Å². The molecule has 0 radical (unpaired) electrons. The molecule has 30 heavy (non-hydrogen) atoms. The lowest BCUT2D eigenvalue weighted by molar-refractivity contribution is -0.118. The molecule has 1 heterocycles. The first-order valence-corrected chi connectivity index (χ1v) is 11.9. The molecule has 0 saturated heterocycles. The van der Waals surface area contributed by atoms with Crippen LogP contribution in [0, 0.1) is 0 Å². The topological polar surface area (TPSA) is 70.6 Å². The number of fused-ring (bicyclic) bond motifs is 1. The fourth-order valence-electron chi connectivity index (χ4n) is 2.95. The molecule has 1 aromatic heterocycles. The van der Waals surface area contributed by atoms with Crippen molar-refractivity contribution in [2.45, 2.75) is 17.7 Å². The summed E-state index contributed by atoms with van der Waals surface area (Å²) in [6.07, 6.45) is 0.704. The summed E-state index contributed by atoms with van der Waals surface area (Å²) in [5.74, 6) is -0.437. The Labute approximate surface area is 187 Å². The largest absolute Gasteiger partial charge is 0.309 e. The van der Waals surface area contributed by atoms with Crippen LogP contribution in [0.3, 0.4) is 0 Å². The molecule has 0 bridgehead atoms. The Morgan fingerprint density at radius 3 is 2.33 bits per heavy atom. The van der Waals surface area contributed by atoms with Gasteiger partial charge in [-0.3, -0.25) is 9.69 Å². The van der Waals surface area contributed by atoms with E-state index in [0.29, 0.717) is 11.7 Å². The minimum atomic E-state index is -3.50. The molecule has 0 fully saturated rings. The summed E-state index contributed by atoms with van der Waals surface area (Å²) < 4.78 is 26.1. The maximum absolute atomic E-state index is 13.0. The molecule has 2 aromatic carbocycles. The van der Waals surface area contributed by atoms with Crippen LogP contribution in [-0.2, 0) is 14.6 Å². The number of hydrogen-bond acceptors (Lipinski definition) is 6. The van der Waals surface area contributed by atoms with Gasteiger partial charge in [-0.05, 0) is 51.3 Å². The molecule has 1 amide bonds. The molecule has 0 unspecified atom stereocenters. The van der Waals surface area contributed by atoms with E-state index in [2.05, 4.69) is 9.88 Å². The van der Waals surface area contributed by atoms with Gasteiger partial charge in [-0.15, -0.1) is 12.4 Å². The highest BCUT2D eigenvalue weighted by molar-refractivity contribution is 7.91. The minimum Gasteiger partial charge on any atom is -0.309 e. The maximum Gasteiger partial charge on any atom is 0.229 e.